The first-order valence-corrected chi connectivity index (χ1v) is 50.8. The van der Waals surface area contributed by atoms with Crippen LogP contribution in [0.1, 0.15) is 210 Å². The van der Waals surface area contributed by atoms with Crippen molar-refractivity contribution in [2.24, 2.45) is 17.2 Å². The Balaban J connectivity index is 0.886. The van der Waals surface area contributed by atoms with E-state index in [1.54, 1.807) is 49.5 Å². The van der Waals surface area contributed by atoms with Gasteiger partial charge in [-0.25, -0.2) is 10.1 Å². The van der Waals surface area contributed by atoms with E-state index < -0.39 is 238 Å². The van der Waals surface area contributed by atoms with Crippen LogP contribution in [0.15, 0.2) is 73.3 Å². The average molecular weight is 2060 g/mol. The number of nitrogens with zero attached hydrogens (tertiary/aromatic N) is 5. The summed E-state index contributed by atoms with van der Waals surface area (Å²) in [5.74, 6) is -13.6. The molecular formula is C97H151N27O23. The fraction of sp³-hybridized carbons (Fsp3) is 0.629. The van der Waals surface area contributed by atoms with E-state index in [-0.39, 0.29) is 135 Å². The lowest BCUT2D eigenvalue weighted by molar-refractivity contribution is -0.143. The number of imidazole rings is 1. The maximum absolute atomic E-state index is 15.4. The highest BCUT2D eigenvalue weighted by molar-refractivity contribution is 6.01. The Labute approximate surface area is 853 Å². The molecule has 147 heavy (non-hydrogen) atoms. The van der Waals surface area contributed by atoms with E-state index in [1.807, 2.05) is 18.2 Å². The monoisotopic (exact) mass is 2060 g/mol. The summed E-state index contributed by atoms with van der Waals surface area (Å²) in [4.78, 5) is 248. The van der Waals surface area contributed by atoms with Gasteiger partial charge in [-0.1, -0.05) is 139 Å². The highest BCUT2D eigenvalue weighted by Crippen LogP contribution is 2.25. The minimum Gasteiger partial charge on any atom is -0.394 e. The Kier molecular flexibility index (Phi) is 56.3. The molecule has 7 rings (SSSR count). The Morgan fingerprint density at radius 2 is 1.16 bits per heavy atom. The van der Waals surface area contributed by atoms with E-state index in [9.17, 15) is 77.3 Å². The molecule has 5 heterocycles. The van der Waals surface area contributed by atoms with Crippen molar-refractivity contribution in [3.8, 4) is 0 Å². The van der Waals surface area contributed by atoms with Crippen molar-refractivity contribution in [2.75, 3.05) is 105 Å². The SMILES string of the molecule is CCCC[C@H](NC(=O)[C@H](CN)NC(=O)[C@H](Cc1c[nH]cn1)NC(=O)[C@H](CCC(N)=O)NC(=O)[C@H](CO)NC(=O)CNC(=O)COCCOCCNC(=O)COCCOCCNC(=O)CCCCCCCCCCCCCCCc1nnn[nH]1)C(=O)N[C@H]1CCC(=O)NCCCC[C@@H](C(C)=O)NC(=O)[C@H](Cc2c[nH]c3ccccc23)NC(=O)[C@H](CCCNC(=N)N)NC(=O)[C@@H](Cc2ccccc2)NC(=O)[C@@H]2C[C@@H](O)CN2C1=O. The van der Waals surface area contributed by atoms with Crippen LogP contribution in [0.5, 0.6) is 0 Å². The molecule has 2 fully saturated rings. The number of aromatic nitrogens is 7. The van der Waals surface area contributed by atoms with Crippen molar-refractivity contribution in [3.05, 3.63) is 96.0 Å². The van der Waals surface area contributed by atoms with Gasteiger partial charge in [0.2, 0.25) is 94.5 Å². The molecule has 812 valence electrons. The zero-order chi connectivity index (χ0) is 106. The number of nitrogens with two attached hydrogens (primary N) is 3. The van der Waals surface area contributed by atoms with Crippen molar-refractivity contribution in [1.29, 1.82) is 5.41 Å². The van der Waals surface area contributed by atoms with E-state index in [2.05, 4.69) is 115 Å². The maximum atomic E-state index is 15.4. The number of primary amides is 1. The zero-order valence-electron chi connectivity index (χ0n) is 84.0. The number of rotatable bonds is 64. The molecule has 50 nitrogen and oxygen atoms in total. The van der Waals surface area contributed by atoms with Crippen LogP contribution in [0.4, 0.5) is 0 Å². The fourth-order valence-corrected chi connectivity index (χ4v) is 16.4. The summed E-state index contributed by atoms with van der Waals surface area (Å²) in [5.41, 5.74) is 19.3. The summed E-state index contributed by atoms with van der Waals surface area (Å²) < 4.78 is 21.6. The lowest BCUT2D eigenvalue weighted by atomic mass is 10.0. The Morgan fingerprint density at radius 1 is 0.571 bits per heavy atom. The van der Waals surface area contributed by atoms with Gasteiger partial charge in [-0.15, -0.1) is 5.10 Å². The van der Waals surface area contributed by atoms with Gasteiger partial charge in [0, 0.05) is 114 Å². The Hall–Kier alpha value is -13.6. The molecule has 0 aliphatic carbocycles. The molecule has 27 N–H and O–H groups in total. The number of aliphatic hydroxyl groups is 2. The second kappa shape index (κ2) is 68.7. The lowest BCUT2D eigenvalue weighted by Crippen LogP contribution is -2.62. The summed E-state index contributed by atoms with van der Waals surface area (Å²) in [7, 11) is 0. The van der Waals surface area contributed by atoms with E-state index >= 15 is 14.4 Å². The number of aromatic amines is 3. The summed E-state index contributed by atoms with van der Waals surface area (Å²) >= 11 is 0. The van der Waals surface area contributed by atoms with Gasteiger partial charge < -0.3 is 141 Å². The zero-order valence-corrected chi connectivity index (χ0v) is 84.0. The Morgan fingerprint density at radius 3 is 1.80 bits per heavy atom. The number of guanidine groups is 1. The highest BCUT2D eigenvalue weighted by atomic mass is 16.5. The molecular weight excluding hydrogens is 1910 g/mol. The molecule has 50 heteroatoms. The first kappa shape index (κ1) is 120. The van der Waals surface area contributed by atoms with E-state index in [1.165, 1.54) is 77.2 Å². The summed E-state index contributed by atoms with van der Waals surface area (Å²) in [5, 5.41) is 83.2. The number of carbonyl (C=O) groups is 17. The second-order valence-electron chi connectivity index (χ2n) is 36.4. The van der Waals surface area contributed by atoms with Crippen molar-refractivity contribution in [3.63, 3.8) is 0 Å². The van der Waals surface area contributed by atoms with Gasteiger partial charge in [0.05, 0.1) is 77.0 Å². The number of amides is 16. The van der Waals surface area contributed by atoms with Crippen LogP contribution in [-0.2, 0) is 126 Å². The maximum Gasteiger partial charge on any atom is 0.246 e. The van der Waals surface area contributed by atoms with Crippen LogP contribution in [0, 0.1) is 5.41 Å². The molecule has 12 atom stereocenters. The van der Waals surface area contributed by atoms with Gasteiger partial charge in [0.1, 0.15) is 79.5 Å². The number of nitrogens with one attached hydrogen (secondary N) is 19. The highest BCUT2D eigenvalue weighted by Gasteiger charge is 2.44. The number of tetrazole rings is 1. The number of hydrogen-bond acceptors (Lipinski definition) is 29. The fourth-order valence-electron chi connectivity index (χ4n) is 16.4. The van der Waals surface area contributed by atoms with Crippen molar-refractivity contribution in [2.45, 2.75) is 285 Å². The van der Waals surface area contributed by atoms with Crippen molar-refractivity contribution < 1.29 is 111 Å². The van der Waals surface area contributed by atoms with E-state index in [0.717, 1.165) is 53.7 Å². The van der Waals surface area contributed by atoms with Crippen LogP contribution < -0.4 is 97.0 Å². The molecule has 0 unspecified atom stereocenters. The summed E-state index contributed by atoms with van der Waals surface area (Å²) in [6.45, 7) is 0.643. The first-order chi connectivity index (χ1) is 70.9. The molecule has 0 spiro atoms. The van der Waals surface area contributed by atoms with E-state index in [4.69, 9.17) is 41.6 Å². The number of para-hydroxylation sites is 1. The van der Waals surface area contributed by atoms with Crippen molar-refractivity contribution in [1.82, 2.24) is 120 Å². The van der Waals surface area contributed by atoms with Crippen LogP contribution in [0.2, 0.25) is 0 Å². The normalized spacial score (nSPS) is 18.2. The molecule has 5 aromatic rings. The standard InChI is InChI=1S/C97H151N27O23/c1-3-4-29-70(87(134)115-73-36-38-83(130)103-39-24-23-30-68(62(2)126)111-91(138)75(50-64-54-107-69-31-22-21-28-67(64)69)116-88(135)71(32-25-40-106-97(100)101)112-90(137)74(49-63-26-17-16-18-27-63)118-95(142)79-52-66(127)57-124(79)96(73)143)113-93(140)77(53-98)119-92(139)76(51-65-55-102-61-109-65)117-89(136)72(35-37-80(99)128)114-94(141)78(58-125)110-84(131)56-108-86(133)60-147-48-46-145-44-42-105-85(132)59-146-47-45-144-43-41-104-82(129)34-20-15-13-11-9-7-5-6-8-10-12-14-19-33-81-120-122-123-121-81/h16-18,21-22,26-28,31,54-55,61,66,68,70-79,107,125,127H,3-15,19-20,23-25,29-30,32-53,56-60,98H2,1-2H3,(H2,99,128)(H,102,109)(H,103,130)(H,104,129)(H,105,132)(H,108,133)(H,110,131)(H,111,138)(H,112,137)(H,113,140)(H,114,141)(H,115,134)(H,116,135)(H,117,136)(H,118,142)(H,119,139)(H4,100,101,106)(H,120,121,122,123)/t66-,68+,70+,71+,72+,73+,74-,75+,76+,77+,78+,79+/m1/s1. The van der Waals surface area contributed by atoms with Gasteiger partial charge >= 0.3 is 0 Å². The molecule has 0 radical (unpaired) electrons. The molecule has 0 saturated carbocycles. The number of ether oxygens (including phenoxy) is 4. The second-order valence-corrected chi connectivity index (χ2v) is 36.4. The number of carbonyl (C=O) groups excluding carboxylic acids is 17. The van der Waals surface area contributed by atoms with Crippen molar-refractivity contribution >= 4 is 117 Å². The third-order valence-electron chi connectivity index (χ3n) is 24.5. The molecule has 3 aromatic heterocycles. The topological polar surface area (TPSA) is 752 Å². The number of aliphatic hydroxyl groups excluding tert-OH is 2. The smallest absolute Gasteiger partial charge is 0.246 e. The summed E-state index contributed by atoms with van der Waals surface area (Å²) in [6, 6.07) is -1.42. The quantitative estimate of drug-likeness (QED) is 0.0103. The number of ketones is 1. The third kappa shape index (κ3) is 47.2. The van der Waals surface area contributed by atoms with Crippen LogP contribution in [0.3, 0.4) is 0 Å². The minimum absolute atomic E-state index is 0.0151. The number of Topliss-reactive ketones (excluding diaryl/α,β-unsaturated/α-hetero) is 1. The van der Waals surface area contributed by atoms with Gasteiger partial charge in [-0.3, -0.25) is 86.9 Å². The van der Waals surface area contributed by atoms with Crippen LogP contribution in [0.25, 0.3) is 10.9 Å². The number of unbranched alkanes of at least 4 members (excludes halogenated alkanes) is 13. The third-order valence-corrected chi connectivity index (χ3v) is 24.5. The predicted octanol–water partition coefficient (Wildman–Crippen LogP) is -3.30. The molecule has 2 aromatic carbocycles. The number of hydrogen-bond donors (Lipinski definition) is 24. The molecule has 2 aliphatic rings. The van der Waals surface area contributed by atoms with Gasteiger partial charge in [0.25, 0.3) is 0 Å². The van der Waals surface area contributed by atoms with Gasteiger partial charge in [0.15, 0.2) is 11.7 Å². The average Bonchev–Trinajstić information content (AvgIpc) is 1.60. The Bertz CT molecular complexity index is 4940. The predicted molar refractivity (Wildman–Crippen MR) is 535 cm³/mol. The first-order valence-electron chi connectivity index (χ1n) is 50.8. The largest absolute Gasteiger partial charge is 0.394 e. The van der Waals surface area contributed by atoms with E-state index in [0.29, 0.717) is 37.1 Å². The number of H-pyrrole nitrogens is 3. The molecule has 16 amide bonds. The lowest BCUT2D eigenvalue weighted by Gasteiger charge is -2.31. The van der Waals surface area contributed by atoms with Crippen LogP contribution in [-0.4, -0.2) is 335 Å². The van der Waals surface area contributed by atoms with Gasteiger partial charge in [-0.2, -0.15) is 0 Å². The number of fused-ring (bicyclic) bond motifs is 2. The number of benzene rings is 2. The molecule has 0 bridgehead atoms. The molecule has 2 aliphatic heterocycles. The molecule has 2 saturated heterocycles. The number of aryl methyl sites for hydroxylation is 1. The van der Waals surface area contributed by atoms with Gasteiger partial charge in [-0.05, 0) is 98.8 Å². The minimum atomic E-state index is -1.78. The van der Waals surface area contributed by atoms with Crippen LogP contribution >= 0.6 is 0 Å². The summed E-state index contributed by atoms with van der Waals surface area (Å²) in [6.07, 6.45) is 17.6.